The van der Waals surface area contributed by atoms with Gasteiger partial charge in [0.25, 0.3) is 0 Å². The molecule has 0 saturated carbocycles. The fraction of sp³-hybridized carbons (Fsp3) is 0.636. The van der Waals surface area contributed by atoms with Gasteiger partial charge in [-0.1, -0.05) is 13.8 Å². The van der Waals surface area contributed by atoms with Gasteiger partial charge in [0.1, 0.15) is 5.60 Å². The van der Waals surface area contributed by atoms with Gasteiger partial charge in [-0.3, -0.25) is 0 Å². The SMILES string of the molecule is Cc1ccc(C(C)(O)C(C)(C)CN)s1. The number of rotatable bonds is 3. The van der Waals surface area contributed by atoms with E-state index < -0.39 is 5.60 Å². The van der Waals surface area contributed by atoms with Crippen molar-refractivity contribution in [2.24, 2.45) is 11.1 Å². The highest BCUT2D eigenvalue weighted by Crippen LogP contribution is 2.41. The first-order chi connectivity index (χ1) is 6.31. The van der Waals surface area contributed by atoms with Gasteiger partial charge in [-0.2, -0.15) is 0 Å². The van der Waals surface area contributed by atoms with Crippen LogP contribution in [-0.4, -0.2) is 11.7 Å². The second-order valence-corrected chi connectivity index (χ2v) is 5.86. The lowest BCUT2D eigenvalue weighted by atomic mass is 9.75. The van der Waals surface area contributed by atoms with Crippen molar-refractivity contribution in [1.82, 2.24) is 0 Å². The van der Waals surface area contributed by atoms with Crippen molar-refractivity contribution in [3.63, 3.8) is 0 Å². The van der Waals surface area contributed by atoms with Crippen molar-refractivity contribution in [3.8, 4) is 0 Å². The van der Waals surface area contributed by atoms with Crippen LogP contribution in [0.25, 0.3) is 0 Å². The largest absolute Gasteiger partial charge is 0.384 e. The molecule has 0 bridgehead atoms. The Hall–Kier alpha value is -0.380. The van der Waals surface area contributed by atoms with Crippen LogP contribution in [0.2, 0.25) is 0 Å². The summed E-state index contributed by atoms with van der Waals surface area (Å²) in [5.41, 5.74) is 4.53. The second-order valence-electron chi connectivity index (χ2n) is 4.57. The van der Waals surface area contributed by atoms with E-state index in [1.54, 1.807) is 11.3 Å². The summed E-state index contributed by atoms with van der Waals surface area (Å²) >= 11 is 1.63. The predicted molar refractivity (Wildman–Crippen MR) is 61.5 cm³/mol. The highest BCUT2D eigenvalue weighted by atomic mass is 32.1. The van der Waals surface area contributed by atoms with Gasteiger partial charge >= 0.3 is 0 Å². The molecule has 0 aliphatic carbocycles. The van der Waals surface area contributed by atoms with Crippen LogP contribution in [0.15, 0.2) is 12.1 Å². The number of hydrogen-bond donors (Lipinski definition) is 2. The van der Waals surface area contributed by atoms with Crippen LogP contribution < -0.4 is 5.73 Å². The molecule has 0 spiro atoms. The fourth-order valence-corrected chi connectivity index (χ4v) is 2.32. The van der Waals surface area contributed by atoms with E-state index >= 15 is 0 Å². The Morgan fingerprint density at radius 3 is 2.29 bits per heavy atom. The zero-order chi connectivity index (χ0) is 11.0. The molecule has 3 N–H and O–H groups in total. The van der Waals surface area contributed by atoms with Gasteiger partial charge in [0.05, 0.1) is 0 Å². The topological polar surface area (TPSA) is 46.2 Å². The molecule has 2 nitrogen and oxygen atoms in total. The smallest absolute Gasteiger partial charge is 0.102 e. The molecule has 1 aromatic heterocycles. The summed E-state index contributed by atoms with van der Waals surface area (Å²) in [4.78, 5) is 2.21. The zero-order valence-corrected chi connectivity index (χ0v) is 10.1. The van der Waals surface area contributed by atoms with Crippen molar-refractivity contribution >= 4 is 11.3 Å². The van der Waals surface area contributed by atoms with Crippen molar-refractivity contribution in [2.45, 2.75) is 33.3 Å². The maximum Gasteiger partial charge on any atom is 0.102 e. The lowest BCUT2D eigenvalue weighted by Gasteiger charge is -2.38. The molecule has 1 unspecified atom stereocenters. The predicted octanol–water partition coefficient (Wildman–Crippen LogP) is 2.25. The Kier molecular flexibility index (Phi) is 3.04. The lowest BCUT2D eigenvalue weighted by molar-refractivity contribution is -0.0490. The molecule has 1 heterocycles. The van der Waals surface area contributed by atoms with E-state index in [-0.39, 0.29) is 5.41 Å². The number of aliphatic hydroxyl groups is 1. The van der Waals surface area contributed by atoms with E-state index in [9.17, 15) is 5.11 Å². The van der Waals surface area contributed by atoms with Gasteiger partial charge in [-0.15, -0.1) is 11.3 Å². The third-order valence-corrected chi connectivity index (χ3v) is 4.26. The van der Waals surface area contributed by atoms with Crippen LogP contribution >= 0.6 is 11.3 Å². The minimum Gasteiger partial charge on any atom is -0.384 e. The Bertz CT molecular complexity index is 315. The molecule has 0 amide bonds. The molecule has 0 radical (unpaired) electrons. The number of aryl methyl sites for hydroxylation is 1. The molecule has 1 atom stereocenters. The second kappa shape index (κ2) is 3.65. The van der Waals surface area contributed by atoms with Crippen LogP contribution in [0, 0.1) is 12.3 Å². The molecule has 0 fully saturated rings. The molecule has 1 aromatic rings. The molecular formula is C11H19NOS. The molecule has 1 rings (SSSR count). The first-order valence-electron chi connectivity index (χ1n) is 4.80. The van der Waals surface area contributed by atoms with Gasteiger partial charge < -0.3 is 10.8 Å². The van der Waals surface area contributed by atoms with E-state index in [4.69, 9.17) is 5.73 Å². The normalized spacial score (nSPS) is 16.7. The summed E-state index contributed by atoms with van der Waals surface area (Å²) < 4.78 is 0. The molecule has 80 valence electrons. The Labute approximate surface area is 89.8 Å². The van der Waals surface area contributed by atoms with Crippen molar-refractivity contribution in [3.05, 3.63) is 21.9 Å². The van der Waals surface area contributed by atoms with E-state index in [0.29, 0.717) is 6.54 Å². The first kappa shape index (κ1) is 11.7. The molecule has 0 aliphatic rings. The zero-order valence-electron chi connectivity index (χ0n) is 9.29. The highest BCUT2D eigenvalue weighted by Gasteiger charge is 2.40. The lowest BCUT2D eigenvalue weighted by Crippen LogP contribution is -2.43. The van der Waals surface area contributed by atoms with Gasteiger partial charge in [0, 0.05) is 21.7 Å². The van der Waals surface area contributed by atoms with Crippen LogP contribution in [0.1, 0.15) is 30.5 Å². The van der Waals surface area contributed by atoms with Gasteiger partial charge in [0.15, 0.2) is 0 Å². The molecular weight excluding hydrogens is 194 g/mol. The Morgan fingerprint density at radius 1 is 1.36 bits per heavy atom. The monoisotopic (exact) mass is 213 g/mol. The minimum absolute atomic E-state index is 0.301. The van der Waals surface area contributed by atoms with Gasteiger partial charge in [-0.25, -0.2) is 0 Å². The van der Waals surface area contributed by atoms with Crippen molar-refractivity contribution in [1.29, 1.82) is 0 Å². The first-order valence-corrected chi connectivity index (χ1v) is 5.62. The number of thiophene rings is 1. The third kappa shape index (κ3) is 1.85. The van der Waals surface area contributed by atoms with Gasteiger partial charge in [0.2, 0.25) is 0 Å². The van der Waals surface area contributed by atoms with Crippen LogP contribution in [0.4, 0.5) is 0 Å². The van der Waals surface area contributed by atoms with Gasteiger partial charge in [-0.05, 0) is 26.0 Å². The highest BCUT2D eigenvalue weighted by molar-refractivity contribution is 7.12. The van der Waals surface area contributed by atoms with E-state index in [1.165, 1.54) is 4.88 Å². The Balaban J connectivity index is 3.07. The fourth-order valence-electron chi connectivity index (χ4n) is 1.23. The van der Waals surface area contributed by atoms with Crippen molar-refractivity contribution in [2.75, 3.05) is 6.54 Å². The molecule has 0 aromatic carbocycles. The van der Waals surface area contributed by atoms with E-state index in [1.807, 2.05) is 39.8 Å². The molecule has 0 saturated heterocycles. The third-order valence-electron chi connectivity index (χ3n) is 3.05. The van der Waals surface area contributed by atoms with E-state index in [2.05, 4.69) is 0 Å². The molecule has 3 heteroatoms. The number of nitrogens with two attached hydrogens (primary N) is 1. The van der Waals surface area contributed by atoms with Crippen LogP contribution in [-0.2, 0) is 5.60 Å². The maximum absolute atomic E-state index is 10.5. The molecule has 0 aliphatic heterocycles. The molecule has 14 heavy (non-hydrogen) atoms. The minimum atomic E-state index is -0.847. The van der Waals surface area contributed by atoms with Crippen LogP contribution in [0.3, 0.4) is 0 Å². The summed E-state index contributed by atoms with van der Waals surface area (Å²) in [7, 11) is 0. The quantitative estimate of drug-likeness (QED) is 0.809. The number of hydrogen-bond acceptors (Lipinski definition) is 3. The summed E-state index contributed by atoms with van der Waals surface area (Å²) in [5, 5.41) is 10.5. The average molecular weight is 213 g/mol. The summed E-state index contributed by atoms with van der Waals surface area (Å²) in [5.74, 6) is 0. The summed E-state index contributed by atoms with van der Waals surface area (Å²) in [6.45, 7) is 8.33. The summed E-state index contributed by atoms with van der Waals surface area (Å²) in [6, 6.07) is 4.01. The van der Waals surface area contributed by atoms with Crippen molar-refractivity contribution < 1.29 is 5.11 Å². The van der Waals surface area contributed by atoms with Crippen LogP contribution in [0.5, 0.6) is 0 Å². The summed E-state index contributed by atoms with van der Waals surface area (Å²) in [6.07, 6.45) is 0. The average Bonchev–Trinajstić information content (AvgIpc) is 2.52. The maximum atomic E-state index is 10.5. The Morgan fingerprint density at radius 2 is 1.93 bits per heavy atom. The standard InChI is InChI=1S/C11H19NOS/c1-8-5-6-9(14-8)11(4,13)10(2,3)7-12/h5-6,13H,7,12H2,1-4H3. The van der Waals surface area contributed by atoms with E-state index in [0.717, 1.165) is 4.88 Å².